The van der Waals surface area contributed by atoms with Crippen LogP contribution in [0, 0.1) is 0 Å². The van der Waals surface area contributed by atoms with Crippen molar-refractivity contribution in [3.05, 3.63) is 29.8 Å². The summed E-state index contributed by atoms with van der Waals surface area (Å²) < 4.78 is 5.61. The molecule has 20 heavy (non-hydrogen) atoms. The van der Waals surface area contributed by atoms with E-state index in [4.69, 9.17) is 22.7 Å². The first kappa shape index (κ1) is 14.9. The highest BCUT2D eigenvalue weighted by atomic mass is 32.1. The number of amides is 1. The van der Waals surface area contributed by atoms with E-state index in [1.165, 1.54) is 6.42 Å². The Hall–Kier alpha value is -1.46. The second kappa shape index (κ2) is 7.36. The molecule has 3 N–H and O–H groups in total. The molecule has 108 valence electrons. The Morgan fingerprint density at radius 1 is 1.35 bits per heavy atom. The van der Waals surface area contributed by atoms with Gasteiger partial charge in [0.05, 0.1) is 6.10 Å². The maximum atomic E-state index is 11.9. The third kappa shape index (κ3) is 4.58. The van der Waals surface area contributed by atoms with Gasteiger partial charge < -0.3 is 15.8 Å². The lowest BCUT2D eigenvalue weighted by molar-refractivity contribution is -0.117. The van der Waals surface area contributed by atoms with Crippen molar-refractivity contribution in [1.82, 2.24) is 0 Å². The predicted octanol–water partition coefficient (Wildman–Crippen LogP) is 2.61. The number of rotatable bonds is 5. The lowest BCUT2D eigenvalue weighted by Crippen LogP contribution is -2.21. The van der Waals surface area contributed by atoms with Crippen LogP contribution in [0.1, 0.15) is 37.7 Å². The van der Waals surface area contributed by atoms with Gasteiger partial charge in [-0.15, -0.1) is 0 Å². The number of hydrogen-bond donors (Lipinski definition) is 2. The number of nitrogens with two attached hydrogens (primary N) is 1. The van der Waals surface area contributed by atoms with E-state index in [-0.39, 0.29) is 12.0 Å². The fourth-order valence-corrected chi connectivity index (χ4v) is 2.40. The fraction of sp³-hybridized carbons (Fsp3) is 0.467. The molecule has 4 nitrogen and oxygen atoms in total. The van der Waals surface area contributed by atoms with Crippen LogP contribution in [0.2, 0.25) is 0 Å². The molecule has 1 amide bonds. The maximum absolute atomic E-state index is 11.9. The van der Waals surface area contributed by atoms with Crippen molar-refractivity contribution in [3.63, 3.8) is 0 Å². The normalized spacial score (nSPS) is 18.5. The van der Waals surface area contributed by atoms with Crippen LogP contribution in [0.5, 0.6) is 0 Å². The Kier molecular flexibility index (Phi) is 5.49. The highest BCUT2D eigenvalue weighted by molar-refractivity contribution is 7.80. The van der Waals surface area contributed by atoms with E-state index in [1.807, 2.05) is 24.3 Å². The molecule has 0 radical (unpaired) electrons. The highest BCUT2D eigenvalue weighted by Gasteiger charge is 2.15. The summed E-state index contributed by atoms with van der Waals surface area (Å²) in [5.41, 5.74) is 7.09. The lowest BCUT2D eigenvalue weighted by Gasteiger charge is -2.22. The molecule has 0 spiro atoms. The zero-order valence-electron chi connectivity index (χ0n) is 11.4. The second-order valence-corrected chi connectivity index (χ2v) is 5.46. The number of benzene rings is 1. The highest BCUT2D eigenvalue weighted by Crippen LogP contribution is 2.17. The van der Waals surface area contributed by atoms with Gasteiger partial charge in [0, 0.05) is 24.3 Å². The summed E-state index contributed by atoms with van der Waals surface area (Å²) in [7, 11) is 0. The van der Waals surface area contributed by atoms with Crippen LogP contribution >= 0.6 is 12.2 Å². The number of nitrogens with one attached hydrogen (secondary N) is 1. The second-order valence-electron chi connectivity index (χ2n) is 5.02. The molecule has 0 saturated carbocycles. The van der Waals surface area contributed by atoms with Gasteiger partial charge in [-0.05, 0) is 49.9 Å². The molecule has 5 heteroatoms. The maximum Gasteiger partial charge on any atom is 0.224 e. The molecule has 1 aromatic carbocycles. The van der Waals surface area contributed by atoms with Gasteiger partial charge in [0.15, 0.2) is 0 Å². The summed E-state index contributed by atoms with van der Waals surface area (Å²) in [6.45, 7) is 0.826. The monoisotopic (exact) mass is 292 g/mol. The largest absolute Gasteiger partial charge is 0.389 e. The fourth-order valence-electron chi connectivity index (χ4n) is 2.27. The SMILES string of the molecule is NC(=S)c1ccc(NC(=O)CCC2CCCCO2)cc1. The molecule has 1 saturated heterocycles. The van der Waals surface area contributed by atoms with E-state index >= 15 is 0 Å². The summed E-state index contributed by atoms with van der Waals surface area (Å²) in [5, 5.41) is 2.87. The van der Waals surface area contributed by atoms with Gasteiger partial charge in [-0.3, -0.25) is 4.79 Å². The number of ether oxygens (including phenoxy) is 1. The molecule has 1 heterocycles. The Labute approximate surface area is 124 Å². The van der Waals surface area contributed by atoms with Crippen molar-refractivity contribution < 1.29 is 9.53 Å². The minimum atomic E-state index is 0.0160. The minimum absolute atomic E-state index is 0.0160. The number of anilines is 1. The van der Waals surface area contributed by atoms with E-state index in [0.29, 0.717) is 11.4 Å². The van der Waals surface area contributed by atoms with Gasteiger partial charge in [-0.25, -0.2) is 0 Å². The van der Waals surface area contributed by atoms with Gasteiger partial charge in [0.1, 0.15) is 4.99 Å². The molecule has 1 aromatic rings. The number of carbonyl (C=O) groups excluding carboxylic acids is 1. The van der Waals surface area contributed by atoms with Gasteiger partial charge in [-0.2, -0.15) is 0 Å². The molecule has 0 bridgehead atoms. The van der Waals surface area contributed by atoms with Crippen LogP contribution in [-0.4, -0.2) is 23.6 Å². The van der Waals surface area contributed by atoms with E-state index in [2.05, 4.69) is 5.32 Å². The zero-order chi connectivity index (χ0) is 14.4. The average Bonchev–Trinajstić information content (AvgIpc) is 2.47. The molecule has 0 aliphatic carbocycles. The van der Waals surface area contributed by atoms with Crippen LogP contribution in [0.4, 0.5) is 5.69 Å². The molecule has 1 fully saturated rings. The summed E-state index contributed by atoms with van der Waals surface area (Å²) in [6, 6.07) is 7.23. The zero-order valence-corrected chi connectivity index (χ0v) is 12.2. The smallest absolute Gasteiger partial charge is 0.224 e. The minimum Gasteiger partial charge on any atom is -0.389 e. The van der Waals surface area contributed by atoms with Crippen molar-refractivity contribution in [2.24, 2.45) is 5.73 Å². The first-order valence-electron chi connectivity index (χ1n) is 6.96. The third-order valence-electron chi connectivity index (χ3n) is 3.42. The van der Waals surface area contributed by atoms with Crippen molar-refractivity contribution in [2.45, 2.75) is 38.2 Å². The van der Waals surface area contributed by atoms with Crippen molar-refractivity contribution in [2.75, 3.05) is 11.9 Å². The summed E-state index contributed by atoms with van der Waals surface area (Å²) in [6.07, 6.45) is 4.92. The topological polar surface area (TPSA) is 64.3 Å². The van der Waals surface area contributed by atoms with Gasteiger partial charge in [0.2, 0.25) is 5.91 Å². The standard InChI is InChI=1S/C15H20N2O2S/c16-15(20)11-4-6-12(7-5-11)17-14(18)9-8-13-3-1-2-10-19-13/h4-7,13H,1-3,8-10H2,(H2,16,20)(H,17,18). The van der Waals surface area contributed by atoms with E-state index in [1.54, 1.807) is 0 Å². The Bertz CT molecular complexity index is 467. The van der Waals surface area contributed by atoms with Crippen molar-refractivity contribution in [3.8, 4) is 0 Å². The molecule has 2 rings (SSSR count). The van der Waals surface area contributed by atoms with Gasteiger partial charge in [0.25, 0.3) is 0 Å². The number of carbonyl (C=O) groups is 1. The molecule has 0 aromatic heterocycles. The van der Waals surface area contributed by atoms with E-state index in [9.17, 15) is 4.79 Å². The van der Waals surface area contributed by atoms with Crippen LogP contribution < -0.4 is 11.1 Å². The average molecular weight is 292 g/mol. The molecule has 1 atom stereocenters. The molecular weight excluding hydrogens is 272 g/mol. The summed E-state index contributed by atoms with van der Waals surface area (Å²) in [4.78, 5) is 12.2. The first-order valence-corrected chi connectivity index (χ1v) is 7.37. The Balaban J connectivity index is 1.77. The molecule has 1 unspecified atom stereocenters. The van der Waals surface area contributed by atoms with Gasteiger partial charge >= 0.3 is 0 Å². The van der Waals surface area contributed by atoms with Crippen LogP contribution in [0.15, 0.2) is 24.3 Å². The number of hydrogen-bond acceptors (Lipinski definition) is 3. The van der Waals surface area contributed by atoms with Crippen LogP contribution in [0.3, 0.4) is 0 Å². The lowest BCUT2D eigenvalue weighted by atomic mass is 10.0. The third-order valence-corrected chi connectivity index (χ3v) is 3.66. The predicted molar refractivity (Wildman–Crippen MR) is 83.8 cm³/mol. The number of thiocarbonyl (C=S) groups is 1. The molecule has 1 aliphatic rings. The Morgan fingerprint density at radius 2 is 2.10 bits per heavy atom. The Morgan fingerprint density at radius 3 is 2.70 bits per heavy atom. The quantitative estimate of drug-likeness (QED) is 0.819. The summed E-state index contributed by atoms with van der Waals surface area (Å²) in [5.74, 6) is 0.0160. The van der Waals surface area contributed by atoms with Crippen molar-refractivity contribution >= 4 is 28.8 Å². The van der Waals surface area contributed by atoms with Crippen LogP contribution in [-0.2, 0) is 9.53 Å². The van der Waals surface area contributed by atoms with Gasteiger partial charge in [-0.1, -0.05) is 12.2 Å². The van der Waals surface area contributed by atoms with E-state index < -0.39 is 0 Å². The molecule has 1 aliphatic heterocycles. The first-order chi connectivity index (χ1) is 9.65. The van der Waals surface area contributed by atoms with Crippen molar-refractivity contribution in [1.29, 1.82) is 0 Å². The van der Waals surface area contributed by atoms with E-state index in [0.717, 1.165) is 37.1 Å². The molecular formula is C15H20N2O2S. The summed E-state index contributed by atoms with van der Waals surface area (Å²) >= 11 is 4.88. The van der Waals surface area contributed by atoms with Crippen LogP contribution in [0.25, 0.3) is 0 Å².